The van der Waals surface area contributed by atoms with E-state index in [0.29, 0.717) is 31.6 Å². The molecule has 3 nitrogen and oxygen atoms in total. The number of hydrogen-bond acceptors (Lipinski definition) is 3. The SMILES string of the molecule is CC1C2CC(CC(O)(C(F)(F)F)C(F)(F)F)C(C2)C1C.CC1C2CC(CC(OCOC(C3CCCCC3)(C(F)(F)F)C(F)(F)F)(C(F)(F)F)C(F)(F)F)C(C2)C1C. The highest BCUT2D eigenvalue weighted by atomic mass is 19.4. The zero-order valence-corrected chi connectivity index (χ0v) is 31.4. The highest BCUT2D eigenvalue weighted by Crippen LogP contribution is 2.62. The molecule has 0 aromatic rings. The molecule has 1 N–H and O–H groups in total. The van der Waals surface area contributed by atoms with Crippen LogP contribution in [0.4, 0.5) is 79.0 Å². The first-order chi connectivity index (χ1) is 25.6. The predicted octanol–water partition coefficient (Wildman–Crippen LogP) is 12.8. The number of hydrogen-bond donors (Lipinski definition) is 1. The number of rotatable bonds is 9. The van der Waals surface area contributed by atoms with Crippen LogP contribution in [0, 0.1) is 65.1 Å². The Hall–Kier alpha value is -1.38. The zero-order valence-electron chi connectivity index (χ0n) is 31.4. The third kappa shape index (κ3) is 8.60. The number of halogens is 18. The van der Waals surface area contributed by atoms with E-state index in [0.717, 1.165) is 0 Å². The smallest absolute Gasteiger partial charge is 0.374 e. The molecule has 0 aromatic carbocycles. The summed E-state index contributed by atoms with van der Waals surface area (Å²) in [5, 5.41) is 9.28. The zero-order chi connectivity index (χ0) is 43.8. The minimum atomic E-state index is -6.17. The Morgan fingerprint density at radius 3 is 1.16 bits per heavy atom. The lowest BCUT2D eigenvalue weighted by Crippen LogP contribution is -2.65. The minimum Gasteiger partial charge on any atom is -0.374 e. The summed E-state index contributed by atoms with van der Waals surface area (Å²) in [6, 6.07) is 0. The van der Waals surface area contributed by atoms with Gasteiger partial charge in [0.1, 0.15) is 6.79 Å². The number of ether oxygens (including phenoxy) is 2. The van der Waals surface area contributed by atoms with Crippen molar-refractivity contribution in [1.29, 1.82) is 0 Å². The average Bonchev–Trinajstić information content (AvgIpc) is 3.78. The third-order valence-electron chi connectivity index (χ3n) is 14.6. The highest BCUT2D eigenvalue weighted by Gasteiger charge is 2.77. The quantitative estimate of drug-likeness (QED) is 0.185. The molecule has 0 heterocycles. The van der Waals surface area contributed by atoms with Gasteiger partial charge in [-0.15, -0.1) is 0 Å². The summed E-state index contributed by atoms with van der Waals surface area (Å²) >= 11 is 0. The Morgan fingerprint density at radius 1 is 0.456 bits per heavy atom. The third-order valence-corrected chi connectivity index (χ3v) is 14.6. The van der Waals surface area contributed by atoms with Crippen molar-refractivity contribution >= 4 is 0 Å². The maximum absolute atomic E-state index is 14.0. The fraction of sp³-hybridized carbons (Fsp3) is 1.00. The van der Waals surface area contributed by atoms with Gasteiger partial charge in [0.05, 0.1) is 0 Å². The molecule has 10 unspecified atom stereocenters. The van der Waals surface area contributed by atoms with Gasteiger partial charge in [0.15, 0.2) is 0 Å². The number of fused-ring (bicyclic) bond motifs is 4. The van der Waals surface area contributed by atoms with E-state index in [1.165, 1.54) is 0 Å². The molecule has 5 saturated carbocycles. The normalized spacial score (nSPS) is 33.5. The molecule has 5 aliphatic carbocycles. The van der Waals surface area contributed by atoms with Crippen LogP contribution in [-0.2, 0) is 9.47 Å². The molecular formula is C36H48F18O3. The lowest BCUT2D eigenvalue weighted by molar-refractivity contribution is -0.440. The lowest BCUT2D eigenvalue weighted by Gasteiger charge is -2.45. The Morgan fingerprint density at radius 2 is 0.842 bits per heavy atom. The highest BCUT2D eigenvalue weighted by molar-refractivity contribution is 5.06. The standard InChI is InChI=1S/C23H30F12O2.C13H18F6O/c1-12-13(2)17-9-14(12)8-15(17)10-18(20(24,25)26,21(27,28)29)36-11-37-19(22(30,31)32,23(33,34)35)16-6-4-3-5-7-16;1-6-7(2)10-4-8(6)3-9(10)5-11(20,12(14,15)16)13(17,18)19/h12-17H,3-11H2,1-2H3;6-10,20H,3-5H2,1-2H3. The van der Waals surface area contributed by atoms with Crippen molar-refractivity contribution in [2.75, 3.05) is 6.79 Å². The van der Waals surface area contributed by atoms with Gasteiger partial charge in [0.2, 0.25) is 0 Å². The van der Waals surface area contributed by atoms with Crippen molar-refractivity contribution in [1.82, 2.24) is 0 Å². The van der Waals surface area contributed by atoms with Crippen LogP contribution in [0.1, 0.15) is 98.3 Å². The summed E-state index contributed by atoms with van der Waals surface area (Å²) in [5.41, 5.74) is -14.5. The molecule has 0 aromatic heterocycles. The number of aliphatic hydroxyl groups is 1. The first-order valence-corrected chi connectivity index (χ1v) is 19.0. The minimum absolute atomic E-state index is 0.0291. The molecule has 57 heavy (non-hydrogen) atoms. The molecular weight excluding hydrogens is 822 g/mol. The van der Waals surface area contributed by atoms with Gasteiger partial charge in [-0.25, -0.2) is 0 Å². The largest absolute Gasteiger partial charge is 0.426 e. The van der Waals surface area contributed by atoms with Gasteiger partial charge in [-0.1, -0.05) is 47.0 Å². The van der Waals surface area contributed by atoms with Crippen LogP contribution in [0.3, 0.4) is 0 Å². The van der Waals surface area contributed by atoms with E-state index in [9.17, 15) is 84.1 Å². The molecule has 0 amide bonds. The van der Waals surface area contributed by atoms with E-state index in [-0.39, 0.29) is 54.8 Å². The topological polar surface area (TPSA) is 38.7 Å². The van der Waals surface area contributed by atoms with Crippen LogP contribution < -0.4 is 0 Å². The second-order valence-electron chi connectivity index (χ2n) is 17.3. The van der Waals surface area contributed by atoms with E-state index < -0.39 is 110 Å². The number of alkyl halides is 18. The summed E-state index contributed by atoms with van der Waals surface area (Å²) < 4.78 is 252. The van der Waals surface area contributed by atoms with Crippen LogP contribution >= 0.6 is 0 Å². The van der Waals surface area contributed by atoms with Gasteiger partial charge < -0.3 is 14.6 Å². The van der Waals surface area contributed by atoms with E-state index >= 15 is 0 Å². The second kappa shape index (κ2) is 15.8. The molecule has 0 saturated heterocycles. The molecule has 21 heteroatoms. The van der Waals surface area contributed by atoms with Gasteiger partial charge in [-0.05, 0) is 111 Å². The fourth-order valence-electron chi connectivity index (χ4n) is 11.1. The predicted molar refractivity (Wildman–Crippen MR) is 166 cm³/mol. The van der Waals surface area contributed by atoms with Crippen LogP contribution in [0.5, 0.6) is 0 Å². The summed E-state index contributed by atoms with van der Waals surface area (Å²) in [5.74, 6) is -4.30. The molecule has 0 aliphatic heterocycles. The Balaban J connectivity index is 0.000000302. The van der Waals surface area contributed by atoms with Crippen LogP contribution in [0.15, 0.2) is 0 Å². The molecule has 5 rings (SSSR count). The van der Waals surface area contributed by atoms with Crippen LogP contribution in [-0.4, -0.2) is 65.8 Å². The maximum Gasteiger partial charge on any atom is 0.426 e. The van der Waals surface area contributed by atoms with Crippen molar-refractivity contribution < 1.29 is 93.6 Å². The lowest BCUT2D eigenvalue weighted by atomic mass is 9.71. The summed E-state index contributed by atoms with van der Waals surface area (Å²) in [6.07, 6.45) is -38.4. The van der Waals surface area contributed by atoms with Gasteiger partial charge >= 0.3 is 37.1 Å². The molecule has 336 valence electrons. The van der Waals surface area contributed by atoms with Crippen molar-refractivity contribution in [2.45, 2.75) is 152 Å². The van der Waals surface area contributed by atoms with Crippen molar-refractivity contribution in [3.63, 3.8) is 0 Å². The van der Waals surface area contributed by atoms with Gasteiger partial charge in [0.25, 0.3) is 16.8 Å². The average molecular weight is 871 g/mol. The summed E-state index contributed by atoms with van der Waals surface area (Å²) in [6.45, 7) is 4.93. The fourth-order valence-corrected chi connectivity index (χ4v) is 11.1. The van der Waals surface area contributed by atoms with Gasteiger partial charge in [0, 0.05) is 5.92 Å². The molecule has 5 aliphatic rings. The monoisotopic (exact) mass is 870 g/mol. The van der Waals surface area contributed by atoms with Gasteiger partial charge in [-0.2, -0.15) is 79.0 Å². The Labute approximate surface area is 317 Å². The van der Waals surface area contributed by atoms with Crippen LogP contribution in [0.2, 0.25) is 0 Å². The van der Waals surface area contributed by atoms with Gasteiger partial charge in [-0.3, -0.25) is 0 Å². The molecule has 0 spiro atoms. The Bertz CT molecular complexity index is 1300. The van der Waals surface area contributed by atoms with Crippen molar-refractivity contribution in [2.24, 2.45) is 65.1 Å². The first-order valence-electron chi connectivity index (χ1n) is 19.0. The van der Waals surface area contributed by atoms with Crippen molar-refractivity contribution in [3.05, 3.63) is 0 Å². The van der Waals surface area contributed by atoms with E-state index in [2.05, 4.69) is 9.47 Å². The van der Waals surface area contributed by atoms with E-state index in [1.807, 2.05) is 20.8 Å². The maximum atomic E-state index is 14.0. The molecule has 4 bridgehead atoms. The van der Waals surface area contributed by atoms with E-state index in [4.69, 9.17) is 0 Å². The molecule has 10 atom stereocenters. The van der Waals surface area contributed by atoms with Crippen LogP contribution in [0.25, 0.3) is 0 Å². The Kier molecular flexibility index (Phi) is 13.4. The molecule has 0 radical (unpaired) electrons. The van der Waals surface area contributed by atoms with E-state index in [1.54, 1.807) is 6.92 Å². The van der Waals surface area contributed by atoms with Crippen molar-refractivity contribution in [3.8, 4) is 0 Å². The summed E-state index contributed by atoms with van der Waals surface area (Å²) in [7, 11) is 0. The second-order valence-corrected chi connectivity index (χ2v) is 17.3. The summed E-state index contributed by atoms with van der Waals surface area (Å²) in [4.78, 5) is 0. The first kappa shape index (κ1) is 48.3. The molecule has 5 fully saturated rings.